The van der Waals surface area contributed by atoms with Crippen molar-refractivity contribution >= 4 is 108 Å². The van der Waals surface area contributed by atoms with Crippen LogP contribution in [0.3, 0.4) is 0 Å². The zero-order valence-corrected chi connectivity index (χ0v) is 54.6. The van der Waals surface area contributed by atoms with Gasteiger partial charge in [0.15, 0.2) is 0 Å². The van der Waals surface area contributed by atoms with Crippen molar-refractivity contribution in [3.63, 3.8) is 0 Å². The van der Waals surface area contributed by atoms with Crippen LogP contribution in [-0.4, -0.2) is 59.8 Å². The first kappa shape index (κ1) is 67.6. The molecule has 0 saturated heterocycles. The van der Waals surface area contributed by atoms with Gasteiger partial charge in [-0.1, -0.05) is 212 Å². The van der Waals surface area contributed by atoms with Crippen LogP contribution in [0.2, 0.25) is 0 Å². The number of rotatable bonds is 0. The molecular weight excluding hydrogens is 1230 g/mol. The Morgan fingerprint density at radius 3 is 0.620 bits per heavy atom. The minimum absolute atomic E-state index is 0.998. The molecule has 11 aromatic heterocycles. The Morgan fingerprint density at radius 1 is 0.120 bits per heavy atom. The van der Waals surface area contributed by atoms with Gasteiger partial charge in [0, 0.05) is 138 Å². The molecule has 9 aromatic carbocycles. The van der Waals surface area contributed by atoms with E-state index in [1.165, 1.54) is 64.6 Å². The summed E-state index contributed by atoms with van der Waals surface area (Å²) >= 11 is 0. The Labute approximate surface area is 579 Å². The lowest BCUT2D eigenvalue weighted by Crippen LogP contribution is -1.77. The molecule has 20 rings (SSSR count). The second-order valence-electron chi connectivity index (χ2n) is 21.9. The normalized spacial score (nSPS) is 10.0. The highest BCUT2D eigenvalue weighted by Gasteiger charge is 1.94. The molecule has 12 heteroatoms. The number of nitrogens with zero attached hydrogens (tertiary/aromatic N) is 12. The lowest BCUT2D eigenvalue weighted by Gasteiger charge is -1.92. The summed E-state index contributed by atoms with van der Waals surface area (Å²) in [5.74, 6) is 0. The van der Waals surface area contributed by atoms with E-state index in [1.54, 1.807) is 31.1 Å². The Balaban J connectivity index is 0.000000112. The first-order chi connectivity index (χ1) is 49.7. The van der Waals surface area contributed by atoms with Gasteiger partial charge in [-0.2, -0.15) is 0 Å². The van der Waals surface area contributed by atoms with E-state index in [4.69, 9.17) is 0 Å². The van der Waals surface area contributed by atoms with E-state index >= 15 is 0 Å². The van der Waals surface area contributed by atoms with Gasteiger partial charge in [-0.15, -0.1) is 0 Å². The van der Waals surface area contributed by atoms with Crippen LogP contribution < -0.4 is 0 Å². The van der Waals surface area contributed by atoms with E-state index in [9.17, 15) is 0 Å². The van der Waals surface area contributed by atoms with E-state index in [0.29, 0.717) is 0 Å². The third-order valence-corrected chi connectivity index (χ3v) is 15.1. The maximum absolute atomic E-state index is 4.18. The molecular formula is C88H68N12. The van der Waals surface area contributed by atoms with E-state index in [2.05, 4.69) is 181 Å². The molecule has 12 nitrogen and oxygen atoms in total. The fourth-order valence-corrected chi connectivity index (χ4v) is 10.0. The van der Waals surface area contributed by atoms with Gasteiger partial charge in [0.1, 0.15) is 6.33 Å². The number of para-hydroxylation sites is 4. The topological polar surface area (TPSA) is 155 Å². The molecule has 0 fully saturated rings. The van der Waals surface area contributed by atoms with Gasteiger partial charge in [0.05, 0.1) is 27.6 Å². The van der Waals surface area contributed by atoms with Crippen LogP contribution in [0.5, 0.6) is 0 Å². The molecule has 0 aliphatic carbocycles. The van der Waals surface area contributed by atoms with Gasteiger partial charge >= 0.3 is 0 Å². The average Bonchev–Trinajstić information content (AvgIpc) is 3.81. The molecule has 0 N–H and O–H groups in total. The SMILES string of the molecule is c1cc2ccncc2cn1.c1ccc2ccccc2c1.c1ccc2cnccc2c1.c1ccc2cnccc2c1.c1ccc2cnccc2c1.c1ccc2ncccc2c1.c1ccc2ncccc2c1.c1ccc2ncccc2c1.c1ccc2ncncc2c1.c1cnc2ccncc2c1. The lowest BCUT2D eigenvalue weighted by molar-refractivity contribution is 1.22. The quantitative estimate of drug-likeness (QED) is 0.142. The zero-order valence-electron chi connectivity index (χ0n) is 54.6. The van der Waals surface area contributed by atoms with Gasteiger partial charge in [-0.3, -0.25) is 49.8 Å². The Morgan fingerprint density at radius 2 is 0.320 bits per heavy atom. The highest BCUT2D eigenvalue weighted by atomic mass is 14.8. The molecule has 0 unspecified atom stereocenters. The number of hydrogen-bond donors (Lipinski definition) is 0. The Hall–Kier alpha value is -13.8. The summed E-state index contributed by atoms with van der Waals surface area (Å²) in [4.78, 5) is 48.6. The molecule has 20 aromatic rings. The molecule has 0 spiro atoms. The molecule has 0 radical (unpaired) electrons. The Kier molecular flexibility index (Phi) is 25.6. The smallest absolute Gasteiger partial charge is 0.116 e. The zero-order chi connectivity index (χ0) is 68.1. The van der Waals surface area contributed by atoms with Crippen LogP contribution in [0.1, 0.15) is 0 Å². The van der Waals surface area contributed by atoms with Crippen molar-refractivity contribution in [2.24, 2.45) is 0 Å². The number of pyridine rings is 10. The second-order valence-corrected chi connectivity index (χ2v) is 21.9. The fraction of sp³-hybridized carbons (Fsp3) is 0. The molecule has 0 saturated carbocycles. The maximum Gasteiger partial charge on any atom is 0.116 e. The van der Waals surface area contributed by atoms with E-state index < -0.39 is 0 Å². The molecule has 0 aliphatic rings. The minimum atomic E-state index is 0.998. The average molecular weight is 1290 g/mol. The molecule has 0 aliphatic heterocycles. The van der Waals surface area contributed by atoms with Crippen LogP contribution >= 0.6 is 0 Å². The van der Waals surface area contributed by atoms with Crippen molar-refractivity contribution in [2.45, 2.75) is 0 Å². The van der Waals surface area contributed by atoms with Crippen molar-refractivity contribution in [2.75, 3.05) is 0 Å². The van der Waals surface area contributed by atoms with Crippen molar-refractivity contribution in [3.05, 3.63) is 415 Å². The summed E-state index contributed by atoms with van der Waals surface area (Å²) in [5.41, 5.74) is 5.18. The van der Waals surface area contributed by atoms with Gasteiger partial charge in [-0.05, 0) is 139 Å². The first-order valence-corrected chi connectivity index (χ1v) is 32.3. The molecule has 0 amide bonds. The van der Waals surface area contributed by atoms with Crippen LogP contribution in [0.25, 0.3) is 108 Å². The highest BCUT2D eigenvalue weighted by molar-refractivity contribution is 5.85. The monoisotopic (exact) mass is 1290 g/mol. The third kappa shape index (κ3) is 21.1. The van der Waals surface area contributed by atoms with Crippen LogP contribution in [-0.2, 0) is 0 Å². The summed E-state index contributed by atoms with van der Waals surface area (Å²) in [5, 5.41) is 18.0. The van der Waals surface area contributed by atoms with E-state index in [0.717, 1.165) is 43.7 Å². The molecule has 480 valence electrons. The van der Waals surface area contributed by atoms with Crippen LogP contribution in [0, 0.1) is 0 Å². The van der Waals surface area contributed by atoms with E-state index in [1.807, 2.05) is 263 Å². The first-order valence-electron chi connectivity index (χ1n) is 32.3. The van der Waals surface area contributed by atoms with E-state index in [-0.39, 0.29) is 0 Å². The second kappa shape index (κ2) is 37.9. The summed E-state index contributed by atoms with van der Waals surface area (Å²) in [7, 11) is 0. The van der Waals surface area contributed by atoms with Crippen molar-refractivity contribution in [1.29, 1.82) is 0 Å². The molecule has 0 atom stereocenters. The van der Waals surface area contributed by atoms with Gasteiger partial charge in [0.2, 0.25) is 0 Å². The number of benzene rings is 9. The molecule has 11 heterocycles. The Bertz CT molecular complexity index is 3950. The third-order valence-electron chi connectivity index (χ3n) is 15.1. The van der Waals surface area contributed by atoms with Crippen LogP contribution in [0.15, 0.2) is 415 Å². The number of hydrogen-bond acceptors (Lipinski definition) is 12. The largest absolute Gasteiger partial charge is 0.264 e. The fourth-order valence-electron chi connectivity index (χ4n) is 10.0. The summed E-state index contributed by atoms with van der Waals surface area (Å²) in [6.45, 7) is 0. The van der Waals surface area contributed by atoms with Gasteiger partial charge in [0.25, 0.3) is 0 Å². The van der Waals surface area contributed by atoms with Gasteiger partial charge < -0.3 is 0 Å². The van der Waals surface area contributed by atoms with Crippen LogP contribution in [0.4, 0.5) is 0 Å². The minimum Gasteiger partial charge on any atom is -0.264 e. The van der Waals surface area contributed by atoms with Crippen molar-refractivity contribution in [3.8, 4) is 0 Å². The summed E-state index contributed by atoms with van der Waals surface area (Å²) in [6.07, 6.45) is 32.3. The predicted molar refractivity (Wildman–Crippen MR) is 413 cm³/mol. The number of aromatic nitrogens is 12. The van der Waals surface area contributed by atoms with Crippen molar-refractivity contribution < 1.29 is 0 Å². The summed E-state index contributed by atoms with van der Waals surface area (Å²) in [6, 6.07) is 101. The highest BCUT2D eigenvalue weighted by Crippen LogP contribution is 2.16. The van der Waals surface area contributed by atoms with Gasteiger partial charge in [-0.25, -0.2) is 9.97 Å². The van der Waals surface area contributed by atoms with Crippen molar-refractivity contribution in [1.82, 2.24) is 59.8 Å². The predicted octanol–water partition coefficient (Wildman–Crippen LogP) is 21.1. The molecule has 0 bridgehead atoms. The maximum atomic E-state index is 4.18. The lowest BCUT2D eigenvalue weighted by atomic mass is 10.1. The number of fused-ring (bicyclic) bond motifs is 10. The standard InChI is InChI=1S/C10H8.6C9H7N.3C8H6N2/c1-2-6-10-8-4-3-7-9(10)5-1;3*1-2-6-9-8(4-1)5-3-7-10-9;3*1-2-4-9-7-10-6-5-8(9)3-1;1-3-9-5-8-6-10-4-2-7(1)8;1-2-7-6-9-5-3-8(7)10-4-1;1-2-4-8-7(3-1)5-9-6-10-8/h1-8H;6*1-7H;3*1-6H. The molecule has 100 heavy (non-hydrogen) atoms. The summed E-state index contributed by atoms with van der Waals surface area (Å²) < 4.78 is 0.